The lowest BCUT2D eigenvalue weighted by Gasteiger charge is -2.32. The minimum absolute atomic E-state index is 0.0463. The van der Waals surface area contributed by atoms with E-state index in [9.17, 15) is 9.59 Å². The minimum Gasteiger partial charge on any atom is -0.342 e. The van der Waals surface area contributed by atoms with E-state index >= 15 is 0 Å². The summed E-state index contributed by atoms with van der Waals surface area (Å²) in [7, 11) is 0. The third-order valence-corrected chi connectivity index (χ3v) is 3.40. The summed E-state index contributed by atoms with van der Waals surface area (Å²) in [5.74, 6) is 0. The van der Waals surface area contributed by atoms with Crippen molar-refractivity contribution in [1.29, 1.82) is 0 Å². The lowest BCUT2D eigenvalue weighted by atomic mass is 10.2. The molecule has 5 nitrogen and oxygen atoms in total. The number of hydrogen-bond acceptors (Lipinski definition) is 2. The Morgan fingerprint density at radius 2 is 1.76 bits per heavy atom. The second kappa shape index (κ2) is 5.70. The fourth-order valence-electron chi connectivity index (χ4n) is 2.26. The highest BCUT2D eigenvalue weighted by Crippen LogP contribution is 2.22. The highest BCUT2D eigenvalue weighted by atomic mass is 16.2. The molecule has 1 N–H and O–H groups in total. The van der Waals surface area contributed by atoms with Crippen molar-refractivity contribution in [1.82, 2.24) is 15.1 Å². The van der Waals surface area contributed by atoms with Crippen LogP contribution in [0.5, 0.6) is 0 Å². The number of nitrogens with zero attached hydrogens (tertiary/aromatic N) is 2. The summed E-state index contributed by atoms with van der Waals surface area (Å²) in [5.41, 5.74) is 1.34. The molecule has 0 bridgehead atoms. The summed E-state index contributed by atoms with van der Waals surface area (Å²) >= 11 is 0. The van der Waals surface area contributed by atoms with Crippen LogP contribution in [0.2, 0.25) is 0 Å². The highest BCUT2D eigenvalue weighted by molar-refractivity contribution is 5.75. The summed E-state index contributed by atoms with van der Waals surface area (Å²) in [6.07, 6.45) is 7.40. The van der Waals surface area contributed by atoms with Gasteiger partial charge in [-0.3, -0.25) is 4.79 Å². The first kappa shape index (κ1) is 12.0. The van der Waals surface area contributed by atoms with Gasteiger partial charge in [0.05, 0.1) is 0 Å². The van der Waals surface area contributed by atoms with E-state index in [-0.39, 0.29) is 6.03 Å². The number of nitrogens with one attached hydrogen (secondary N) is 1. The van der Waals surface area contributed by atoms with Crippen molar-refractivity contribution in [2.24, 2.45) is 0 Å². The molecule has 0 unspecified atom stereocenters. The first-order valence-electron chi connectivity index (χ1n) is 6.22. The monoisotopic (exact) mass is 237 g/mol. The van der Waals surface area contributed by atoms with Crippen molar-refractivity contribution in [3.8, 4) is 0 Å². The lowest BCUT2D eigenvalue weighted by Crippen LogP contribution is -2.50. The summed E-state index contributed by atoms with van der Waals surface area (Å²) in [5, 5.41) is 2.85. The van der Waals surface area contributed by atoms with Crippen LogP contribution < -0.4 is 5.32 Å². The fraction of sp³-hybridized carbons (Fsp3) is 0.667. The number of carbonyl (C=O) groups is 2. The van der Waals surface area contributed by atoms with Gasteiger partial charge in [-0.1, -0.05) is 5.57 Å². The quantitative estimate of drug-likeness (QED) is 0.726. The van der Waals surface area contributed by atoms with Crippen LogP contribution >= 0.6 is 0 Å². The molecule has 5 heteroatoms. The Hall–Kier alpha value is -1.52. The maximum Gasteiger partial charge on any atom is 0.321 e. The molecule has 1 aliphatic heterocycles. The Kier molecular flexibility index (Phi) is 4.01. The van der Waals surface area contributed by atoms with Crippen molar-refractivity contribution in [3.63, 3.8) is 0 Å². The van der Waals surface area contributed by atoms with E-state index in [0.29, 0.717) is 26.2 Å². The zero-order valence-electron chi connectivity index (χ0n) is 10.0. The van der Waals surface area contributed by atoms with E-state index in [1.807, 2.05) is 6.20 Å². The van der Waals surface area contributed by atoms with Crippen molar-refractivity contribution >= 4 is 12.4 Å². The van der Waals surface area contributed by atoms with Gasteiger partial charge in [0.1, 0.15) is 0 Å². The molecule has 0 radical (unpaired) electrons. The minimum atomic E-state index is -0.0463. The largest absolute Gasteiger partial charge is 0.342 e. The predicted octanol–water partition coefficient (Wildman–Crippen LogP) is 0.928. The van der Waals surface area contributed by atoms with Crippen LogP contribution in [0.3, 0.4) is 0 Å². The molecule has 17 heavy (non-hydrogen) atoms. The number of allylic oxidation sites excluding steroid dienone is 1. The van der Waals surface area contributed by atoms with Gasteiger partial charge in [-0.15, -0.1) is 0 Å². The molecule has 1 saturated carbocycles. The molecular formula is C12H19N3O2. The van der Waals surface area contributed by atoms with E-state index in [1.54, 1.807) is 9.80 Å². The average molecular weight is 237 g/mol. The first-order chi connectivity index (χ1) is 8.29. The summed E-state index contributed by atoms with van der Waals surface area (Å²) in [4.78, 5) is 25.8. The van der Waals surface area contributed by atoms with Crippen LogP contribution in [-0.4, -0.2) is 48.4 Å². The molecule has 2 aliphatic rings. The Bertz CT molecular complexity index is 312. The smallest absolute Gasteiger partial charge is 0.321 e. The van der Waals surface area contributed by atoms with Crippen LogP contribution in [0.25, 0.3) is 0 Å². The molecule has 1 saturated heterocycles. The standard InChI is InChI=1S/C12H19N3O2/c16-10-14-5-7-15(8-6-14)12(17)13-9-11-3-1-2-4-11/h9-10H,1-8H2,(H,13,17). The Morgan fingerprint density at radius 3 is 2.35 bits per heavy atom. The fourth-order valence-corrected chi connectivity index (χ4v) is 2.26. The van der Waals surface area contributed by atoms with E-state index in [2.05, 4.69) is 5.32 Å². The van der Waals surface area contributed by atoms with E-state index in [0.717, 1.165) is 19.3 Å². The van der Waals surface area contributed by atoms with Gasteiger partial charge in [0, 0.05) is 32.4 Å². The maximum absolute atomic E-state index is 11.8. The average Bonchev–Trinajstić information content (AvgIpc) is 2.89. The molecule has 1 aliphatic carbocycles. The number of hydrogen-bond donors (Lipinski definition) is 1. The molecule has 2 fully saturated rings. The van der Waals surface area contributed by atoms with Gasteiger partial charge < -0.3 is 15.1 Å². The molecule has 94 valence electrons. The summed E-state index contributed by atoms with van der Waals surface area (Å²) in [6, 6.07) is -0.0463. The Balaban J connectivity index is 1.76. The van der Waals surface area contributed by atoms with Gasteiger partial charge in [0.25, 0.3) is 0 Å². The second-order valence-corrected chi connectivity index (χ2v) is 4.59. The van der Waals surface area contributed by atoms with Crippen LogP contribution in [-0.2, 0) is 4.79 Å². The van der Waals surface area contributed by atoms with E-state index in [4.69, 9.17) is 0 Å². The third kappa shape index (κ3) is 3.22. The maximum atomic E-state index is 11.8. The van der Waals surface area contributed by atoms with Crippen molar-refractivity contribution in [3.05, 3.63) is 11.8 Å². The molecule has 0 aromatic rings. The van der Waals surface area contributed by atoms with E-state index < -0.39 is 0 Å². The zero-order valence-corrected chi connectivity index (χ0v) is 10.0. The summed E-state index contributed by atoms with van der Waals surface area (Å²) in [6.45, 7) is 2.50. The number of urea groups is 1. The Labute approximate surface area is 101 Å². The topological polar surface area (TPSA) is 52.7 Å². The van der Waals surface area contributed by atoms with Gasteiger partial charge in [-0.25, -0.2) is 4.79 Å². The van der Waals surface area contributed by atoms with Crippen molar-refractivity contribution in [2.45, 2.75) is 25.7 Å². The number of carbonyl (C=O) groups excluding carboxylic acids is 2. The van der Waals surface area contributed by atoms with Crippen LogP contribution in [0.15, 0.2) is 11.8 Å². The first-order valence-corrected chi connectivity index (χ1v) is 6.22. The molecule has 2 rings (SSSR count). The second-order valence-electron chi connectivity index (χ2n) is 4.59. The number of rotatable bonds is 2. The molecular weight excluding hydrogens is 218 g/mol. The third-order valence-electron chi connectivity index (χ3n) is 3.40. The van der Waals surface area contributed by atoms with Crippen LogP contribution in [0, 0.1) is 0 Å². The predicted molar refractivity (Wildman–Crippen MR) is 64.3 cm³/mol. The van der Waals surface area contributed by atoms with Gasteiger partial charge in [-0.2, -0.15) is 0 Å². The van der Waals surface area contributed by atoms with Crippen molar-refractivity contribution < 1.29 is 9.59 Å². The Morgan fingerprint density at radius 1 is 1.12 bits per heavy atom. The van der Waals surface area contributed by atoms with Crippen LogP contribution in [0.4, 0.5) is 4.79 Å². The summed E-state index contributed by atoms with van der Waals surface area (Å²) < 4.78 is 0. The van der Waals surface area contributed by atoms with Gasteiger partial charge in [0.2, 0.25) is 6.41 Å². The molecule has 3 amide bonds. The molecule has 0 aromatic carbocycles. The molecule has 0 atom stereocenters. The van der Waals surface area contributed by atoms with Gasteiger partial charge in [0.15, 0.2) is 0 Å². The van der Waals surface area contributed by atoms with Crippen molar-refractivity contribution in [2.75, 3.05) is 26.2 Å². The molecule has 1 heterocycles. The van der Waals surface area contributed by atoms with E-state index in [1.165, 1.54) is 18.4 Å². The number of amides is 3. The molecule has 0 aromatic heterocycles. The number of piperazine rings is 1. The SMILES string of the molecule is O=CN1CCN(C(=O)NC=C2CCCC2)CC1. The normalized spacial score (nSPS) is 20.4. The highest BCUT2D eigenvalue weighted by Gasteiger charge is 2.19. The van der Waals surface area contributed by atoms with Gasteiger partial charge in [-0.05, 0) is 25.7 Å². The van der Waals surface area contributed by atoms with Crippen LogP contribution in [0.1, 0.15) is 25.7 Å². The zero-order chi connectivity index (χ0) is 12.1. The molecule has 0 spiro atoms. The van der Waals surface area contributed by atoms with Gasteiger partial charge >= 0.3 is 6.03 Å². The lowest BCUT2D eigenvalue weighted by molar-refractivity contribution is -0.119.